The van der Waals surface area contributed by atoms with Crippen LogP contribution in [-0.2, 0) is 0 Å². The molecule has 0 aliphatic carbocycles. The molecule has 2 heterocycles. The number of nitrogens with zero attached hydrogens (tertiary/aromatic N) is 1. The van der Waals surface area contributed by atoms with E-state index in [0.717, 1.165) is 23.4 Å². The van der Waals surface area contributed by atoms with Crippen molar-refractivity contribution < 1.29 is 9.59 Å². The molecule has 1 saturated heterocycles. The molecule has 1 aromatic heterocycles. The summed E-state index contributed by atoms with van der Waals surface area (Å²) in [6.07, 6.45) is 0. The molecule has 1 amide bonds. The number of halogens is 2. The molecule has 2 aromatic rings. The molecule has 140 valence electrons. The van der Waals surface area contributed by atoms with Crippen LogP contribution in [0.1, 0.15) is 50.6 Å². The van der Waals surface area contributed by atoms with E-state index in [1.54, 1.807) is 0 Å². The fourth-order valence-electron chi connectivity index (χ4n) is 3.59. The average molecular weight is 396 g/mol. The molecule has 1 aromatic carbocycles. The SMILES string of the molecule is CC(=O)c1c(C)[nH]c(C(=O)N2CCNCC2c2cccc(Cl)c2)c1C.Cl. The van der Waals surface area contributed by atoms with E-state index < -0.39 is 0 Å². The van der Waals surface area contributed by atoms with Crippen LogP contribution in [0.25, 0.3) is 0 Å². The van der Waals surface area contributed by atoms with Gasteiger partial charge in [-0.15, -0.1) is 12.4 Å². The number of aromatic nitrogens is 1. The van der Waals surface area contributed by atoms with Crippen molar-refractivity contribution >= 4 is 35.7 Å². The summed E-state index contributed by atoms with van der Waals surface area (Å²) in [5.41, 5.74) is 3.57. The molecular formula is C19H23Cl2N3O2. The Morgan fingerprint density at radius 3 is 2.62 bits per heavy atom. The summed E-state index contributed by atoms with van der Waals surface area (Å²) < 4.78 is 0. The van der Waals surface area contributed by atoms with Crippen molar-refractivity contribution in [2.24, 2.45) is 0 Å². The first-order valence-electron chi connectivity index (χ1n) is 8.37. The topological polar surface area (TPSA) is 65.2 Å². The molecule has 1 aliphatic heterocycles. The molecule has 1 aliphatic rings. The summed E-state index contributed by atoms with van der Waals surface area (Å²) in [6, 6.07) is 7.51. The van der Waals surface area contributed by atoms with Gasteiger partial charge in [0.1, 0.15) is 5.69 Å². The van der Waals surface area contributed by atoms with Gasteiger partial charge >= 0.3 is 0 Å². The van der Waals surface area contributed by atoms with Gasteiger partial charge in [0.2, 0.25) is 0 Å². The summed E-state index contributed by atoms with van der Waals surface area (Å²) in [5.74, 6) is -0.114. The van der Waals surface area contributed by atoms with Gasteiger partial charge in [0.15, 0.2) is 5.78 Å². The highest BCUT2D eigenvalue weighted by atomic mass is 35.5. The number of hydrogen-bond donors (Lipinski definition) is 2. The van der Waals surface area contributed by atoms with E-state index in [9.17, 15) is 9.59 Å². The molecule has 2 N–H and O–H groups in total. The fraction of sp³-hybridized carbons (Fsp3) is 0.368. The van der Waals surface area contributed by atoms with Gasteiger partial charge in [-0.3, -0.25) is 9.59 Å². The Morgan fingerprint density at radius 2 is 2.00 bits per heavy atom. The standard InChI is InChI=1S/C19H22ClN3O2.ClH/c1-11-17(13(3)24)12(2)22-18(11)19(25)23-8-7-21-10-16(23)14-5-4-6-15(20)9-14;/h4-6,9,16,21-22H,7-8,10H2,1-3H3;1H. The second-order valence-electron chi connectivity index (χ2n) is 6.45. The zero-order chi connectivity index (χ0) is 18.1. The predicted octanol–water partition coefficient (Wildman–Crippen LogP) is 3.70. The first-order valence-corrected chi connectivity index (χ1v) is 8.75. The zero-order valence-corrected chi connectivity index (χ0v) is 16.6. The number of nitrogens with one attached hydrogen (secondary N) is 2. The number of H-pyrrole nitrogens is 1. The molecule has 3 rings (SSSR count). The number of hydrogen-bond acceptors (Lipinski definition) is 3. The van der Waals surface area contributed by atoms with Gasteiger partial charge in [0, 0.05) is 35.9 Å². The lowest BCUT2D eigenvalue weighted by molar-refractivity contribution is 0.0628. The molecular weight excluding hydrogens is 373 g/mol. The lowest BCUT2D eigenvalue weighted by Crippen LogP contribution is -2.49. The Kier molecular flexibility index (Phi) is 6.50. The van der Waals surface area contributed by atoms with E-state index in [1.807, 2.05) is 43.0 Å². The van der Waals surface area contributed by atoms with E-state index in [0.29, 0.717) is 29.4 Å². The number of carbonyl (C=O) groups is 2. The Bertz CT molecular complexity index is 832. The third-order valence-electron chi connectivity index (χ3n) is 4.74. The van der Waals surface area contributed by atoms with Crippen LogP contribution in [-0.4, -0.2) is 41.2 Å². The minimum absolute atomic E-state index is 0. The molecule has 5 nitrogen and oxygen atoms in total. The first-order chi connectivity index (χ1) is 11.9. The van der Waals surface area contributed by atoms with Crippen LogP contribution in [0.5, 0.6) is 0 Å². The minimum Gasteiger partial charge on any atom is -0.354 e. The number of amides is 1. The monoisotopic (exact) mass is 395 g/mol. The van der Waals surface area contributed by atoms with Crippen LogP contribution in [0.2, 0.25) is 5.02 Å². The van der Waals surface area contributed by atoms with E-state index in [4.69, 9.17) is 11.6 Å². The van der Waals surface area contributed by atoms with Gasteiger partial charge in [0.05, 0.1) is 6.04 Å². The number of aromatic amines is 1. The van der Waals surface area contributed by atoms with Crippen LogP contribution >= 0.6 is 24.0 Å². The normalized spacial score (nSPS) is 16.9. The predicted molar refractivity (Wildman–Crippen MR) is 106 cm³/mol. The Hall–Kier alpha value is -1.82. The van der Waals surface area contributed by atoms with Crippen molar-refractivity contribution in [1.82, 2.24) is 15.2 Å². The van der Waals surface area contributed by atoms with Crippen molar-refractivity contribution in [3.05, 3.63) is 57.4 Å². The molecule has 1 fully saturated rings. The Labute approximate surface area is 164 Å². The highest BCUT2D eigenvalue weighted by Gasteiger charge is 2.31. The lowest BCUT2D eigenvalue weighted by atomic mass is 10.0. The summed E-state index contributed by atoms with van der Waals surface area (Å²) in [4.78, 5) is 30.0. The molecule has 7 heteroatoms. The fourth-order valence-corrected chi connectivity index (χ4v) is 3.79. The molecule has 0 spiro atoms. The van der Waals surface area contributed by atoms with E-state index in [2.05, 4.69) is 10.3 Å². The molecule has 0 bridgehead atoms. The maximum atomic E-state index is 13.2. The van der Waals surface area contributed by atoms with Crippen LogP contribution in [0.15, 0.2) is 24.3 Å². The van der Waals surface area contributed by atoms with Crippen molar-refractivity contribution in [1.29, 1.82) is 0 Å². The summed E-state index contributed by atoms with van der Waals surface area (Å²) in [6.45, 7) is 7.18. The van der Waals surface area contributed by atoms with Crippen molar-refractivity contribution in [3.8, 4) is 0 Å². The van der Waals surface area contributed by atoms with Crippen LogP contribution in [0, 0.1) is 13.8 Å². The highest BCUT2D eigenvalue weighted by molar-refractivity contribution is 6.30. The maximum Gasteiger partial charge on any atom is 0.271 e. The van der Waals surface area contributed by atoms with Gasteiger partial charge in [-0.2, -0.15) is 0 Å². The van der Waals surface area contributed by atoms with Crippen LogP contribution < -0.4 is 5.32 Å². The summed E-state index contributed by atoms with van der Waals surface area (Å²) in [7, 11) is 0. The largest absolute Gasteiger partial charge is 0.354 e. The van der Waals surface area contributed by atoms with Gasteiger partial charge < -0.3 is 15.2 Å². The van der Waals surface area contributed by atoms with Crippen molar-refractivity contribution in [2.45, 2.75) is 26.8 Å². The summed E-state index contributed by atoms with van der Waals surface area (Å²) in [5, 5.41) is 3.99. The molecule has 0 saturated carbocycles. The highest BCUT2D eigenvalue weighted by Crippen LogP contribution is 2.28. The number of rotatable bonds is 3. The Balaban J connectivity index is 0.00000243. The molecule has 1 atom stereocenters. The second-order valence-corrected chi connectivity index (χ2v) is 6.89. The third kappa shape index (κ3) is 3.80. The smallest absolute Gasteiger partial charge is 0.271 e. The number of piperazine rings is 1. The Morgan fingerprint density at radius 1 is 1.27 bits per heavy atom. The van der Waals surface area contributed by atoms with Crippen LogP contribution in [0.4, 0.5) is 0 Å². The number of carbonyl (C=O) groups excluding carboxylic acids is 2. The number of aryl methyl sites for hydroxylation is 1. The van der Waals surface area contributed by atoms with E-state index in [1.165, 1.54) is 6.92 Å². The second kappa shape index (κ2) is 8.25. The van der Waals surface area contributed by atoms with Gasteiger partial charge in [-0.1, -0.05) is 23.7 Å². The van der Waals surface area contributed by atoms with Crippen molar-refractivity contribution in [2.75, 3.05) is 19.6 Å². The van der Waals surface area contributed by atoms with E-state index >= 15 is 0 Å². The molecule has 0 radical (unpaired) electrons. The lowest BCUT2D eigenvalue weighted by Gasteiger charge is -2.36. The third-order valence-corrected chi connectivity index (χ3v) is 4.98. The zero-order valence-electron chi connectivity index (χ0n) is 15.1. The summed E-state index contributed by atoms with van der Waals surface area (Å²) >= 11 is 6.13. The van der Waals surface area contributed by atoms with Gasteiger partial charge in [0.25, 0.3) is 5.91 Å². The van der Waals surface area contributed by atoms with Gasteiger partial charge in [-0.25, -0.2) is 0 Å². The minimum atomic E-state index is -0.0938. The average Bonchev–Trinajstić information content (AvgIpc) is 2.89. The number of Topliss-reactive ketones (excluding diaryl/α,β-unsaturated/α-hetero) is 1. The molecule has 26 heavy (non-hydrogen) atoms. The van der Waals surface area contributed by atoms with E-state index in [-0.39, 0.29) is 30.1 Å². The quantitative estimate of drug-likeness (QED) is 0.778. The van der Waals surface area contributed by atoms with Crippen LogP contribution in [0.3, 0.4) is 0 Å². The first kappa shape index (κ1) is 20.5. The molecule has 1 unspecified atom stereocenters. The maximum absolute atomic E-state index is 13.2. The number of benzene rings is 1. The van der Waals surface area contributed by atoms with Gasteiger partial charge in [-0.05, 0) is 44.0 Å². The van der Waals surface area contributed by atoms with Crippen molar-refractivity contribution in [3.63, 3.8) is 0 Å². The number of ketones is 1.